The Kier molecular flexibility index (Phi) is 4.65. The molecule has 1 aliphatic rings. The second kappa shape index (κ2) is 6.27. The van der Waals surface area contributed by atoms with E-state index < -0.39 is 0 Å². The van der Waals surface area contributed by atoms with Crippen molar-refractivity contribution < 1.29 is 14.3 Å². The maximum absolute atomic E-state index is 12.3. The summed E-state index contributed by atoms with van der Waals surface area (Å²) in [6, 6.07) is 6.12. The van der Waals surface area contributed by atoms with Crippen molar-refractivity contribution in [2.24, 2.45) is 0 Å². The molecule has 4 nitrogen and oxygen atoms in total. The molecule has 1 aromatic carbocycles. The van der Waals surface area contributed by atoms with Crippen LogP contribution >= 0.6 is 0 Å². The highest BCUT2D eigenvalue weighted by molar-refractivity contribution is 5.78. The van der Waals surface area contributed by atoms with E-state index in [0.717, 1.165) is 16.9 Å². The van der Waals surface area contributed by atoms with Gasteiger partial charge in [0.25, 0.3) is 5.91 Å². The zero-order chi connectivity index (χ0) is 14.7. The average Bonchev–Trinajstić information content (AvgIpc) is 2.42. The van der Waals surface area contributed by atoms with Gasteiger partial charge in [-0.2, -0.15) is 0 Å². The highest BCUT2D eigenvalue weighted by Crippen LogP contribution is 2.19. The number of carbonyl (C=O) groups is 1. The Morgan fingerprint density at radius 2 is 2.15 bits per heavy atom. The Morgan fingerprint density at radius 1 is 1.40 bits per heavy atom. The standard InChI is InChI=1S/C16H23NO3/c1-11-5-6-12(2)15(7-11)20-10-16(18)17-8-14(4)19-9-13(17)3/h5-7,13-14H,8-10H2,1-4H3. The third kappa shape index (κ3) is 3.51. The van der Waals surface area contributed by atoms with Crippen molar-refractivity contribution in [3.8, 4) is 5.75 Å². The second-order valence-corrected chi connectivity index (χ2v) is 5.60. The van der Waals surface area contributed by atoms with Gasteiger partial charge < -0.3 is 14.4 Å². The van der Waals surface area contributed by atoms with Crippen molar-refractivity contribution in [1.29, 1.82) is 0 Å². The van der Waals surface area contributed by atoms with Gasteiger partial charge >= 0.3 is 0 Å². The maximum atomic E-state index is 12.3. The summed E-state index contributed by atoms with van der Waals surface area (Å²) >= 11 is 0. The van der Waals surface area contributed by atoms with E-state index in [0.29, 0.717) is 13.2 Å². The molecule has 0 aromatic heterocycles. The van der Waals surface area contributed by atoms with Crippen LogP contribution in [0.5, 0.6) is 5.75 Å². The number of aryl methyl sites for hydroxylation is 2. The molecule has 2 atom stereocenters. The van der Waals surface area contributed by atoms with E-state index in [1.165, 1.54) is 0 Å². The largest absolute Gasteiger partial charge is 0.483 e. The lowest BCUT2D eigenvalue weighted by molar-refractivity contribution is -0.145. The number of morpholine rings is 1. The fourth-order valence-corrected chi connectivity index (χ4v) is 2.34. The number of carbonyl (C=O) groups excluding carboxylic acids is 1. The summed E-state index contributed by atoms with van der Waals surface area (Å²) in [5.74, 6) is 0.806. The fourth-order valence-electron chi connectivity index (χ4n) is 2.34. The van der Waals surface area contributed by atoms with Crippen LogP contribution in [0.2, 0.25) is 0 Å². The highest BCUT2D eigenvalue weighted by Gasteiger charge is 2.27. The summed E-state index contributed by atoms with van der Waals surface area (Å²) < 4.78 is 11.2. The Morgan fingerprint density at radius 3 is 2.90 bits per heavy atom. The summed E-state index contributed by atoms with van der Waals surface area (Å²) in [5.41, 5.74) is 2.18. The van der Waals surface area contributed by atoms with Gasteiger partial charge in [-0.15, -0.1) is 0 Å². The molecule has 0 spiro atoms. The molecule has 1 fully saturated rings. The van der Waals surface area contributed by atoms with Gasteiger partial charge in [0.2, 0.25) is 0 Å². The molecule has 0 aliphatic carbocycles. The SMILES string of the molecule is Cc1ccc(C)c(OCC(=O)N2CC(C)OCC2C)c1. The molecule has 0 saturated carbocycles. The molecule has 0 bridgehead atoms. The van der Waals surface area contributed by atoms with Crippen LogP contribution < -0.4 is 4.74 Å². The number of nitrogens with zero attached hydrogens (tertiary/aromatic N) is 1. The molecule has 4 heteroatoms. The molecule has 110 valence electrons. The van der Waals surface area contributed by atoms with Crippen LogP contribution in [0.15, 0.2) is 18.2 Å². The van der Waals surface area contributed by atoms with Gasteiger partial charge in [0.15, 0.2) is 6.61 Å². The minimum Gasteiger partial charge on any atom is -0.483 e. The Labute approximate surface area is 120 Å². The number of benzene rings is 1. The molecule has 20 heavy (non-hydrogen) atoms. The van der Waals surface area contributed by atoms with Crippen molar-refractivity contribution in [3.05, 3.63) is 29.3 Å². The topological polar surface area (TPSA) is 38.8 Å². The van der Waals surface area contributed by atoms with E-state index in [1.54, 1.807) is 0 Å². The molecule has 1 aromatic rings. The molecule has 1 saturated heterocycles. The van der Waals surface area contributed by atoms with Crippen molar-refractivity contribution in [2.75, 3.05) is 19.8 Å². The molecule has 0 N–H and O–H groups in total. The third-order valence-corrected chi connectivity index (χ3v) is 3.62. The van der Waals surface area contributed by atoms with Gasteiger partial charge in [0.1, 0.15) is 5.75 Å². The zero-order valence-electron chi connectivity index (χ0n) is 12.7. The highest BCUT2D eigenvalue weighted by atomic mass is 16.5. The number of rotatable bonds is 3. The van der Waals surface area contributed by atoms with Crippen molar-refractivity contribution in [2.45, 2.75) is 39.8 Å². The Balaban J connectivity index is 1.96. The van der Waals surface area contributed by atoms with Crippen LogP contribution in [0.25, 0.3) is 0 Å². The molecular formula is C16H23NO3. The Bertz CT molecular complexity index is 487. The van der Waals surface area contributed by atoms with Crippen LogP contribution in [-0.2, 0) is 9.53 Å². The van der Waals surface area contributed by atoms with E-state index in [2.05, 4.69) is 0 Å². The van der Waals surface area contributed by atoms with E-state index in [-0.39, 0.29) is 24.7 Å². The second-order valence-electron chi connectivity index (χ2n) is 5.60. The third-order valence-electron chi connectivity index (χ3n) is 3.62. The smallest absolute Gasteiger partial charge is 0.260 e. The minimum atomic E-state index is 0.0218. The number of ether oxygens (including phenoxy) is 2. The Hall–Kier alpha value is -1.55. The summed E-state index contributed by atoms with van der Waals surface area (Å²) in [6.45, 7) is 9.30. The maximum Gasteiger partial charge on any atom is 0.260 e. The first kappa shape index (κ1) is 14.9. The average molecular weight is 277 g/mol. The molecule has 0 radical (unpaired) electrons. The first-order valence-corrected chi connectivity index (χ1v) is 7.08. The minimum absolute atomic E-state index is 0.0218. The fraction of sp³-hybridized carbons (Fsp3) is 0.562. The molecule has 1 amide bonds. The van der Waals surface area contributed by atoms with Crippen LogP contribution in [0.3, 0.4) is 0 Å². The van der Waals surface area contributed by atoms with Gasteiger partial charge in [-0.1, -0.05) is 12.1 Å². The summed E-state index contributed by atoms with van der Waals surface area (Å²) in [5, 5.41) is 0. The van der Waals surface area contributed by atoms with E-state index >= 15 is 0 Å². The summed E-state index contributed by atoms with van der Waals surface area (Å²) in [4.78, 5) is 14.1. The molecular weight excluding hydrogens is 254 g/mol. The summed E-state index contributed by atoms with van der Waals surface area (Å²) in [7, 11) is 0. The van der Waals surface area contributed by atoms with Gasteiger partial charge in [-0.25, -0.2) is 0 Å². The van der Waals surface area contributed by atoms with Crippen LogP contribution in [0, 0.1) is 13.8 Å². The molecule has 1 aliphatic heterocycles. The van der Waals surface area contributed by atoms with Gasteiger partial charge in [-0.05, 0) is 44.9 Å². The van der Waals surface area contributed by atoms with Gasteiger partial charge in [0, 0.05) is 6.54 Å². The van der Waals surface area contributed by atoms with Crippen molar-refractivity contribution in [1.82, 2.24) is 4.90 Å². The van der Waals surface area contributed by atoms with Crippen LogP contribution in [-0.4, -0.2) is 42.7 Å². The quantitative estimate of drug-likeness (QED) is 0.851. The van der Waals surface area contributed by atoms with Gasteiger partial charge in [-0.3, -0.25) is 4.79 Å². The number of amides is 1. The monoisotopic (exact) mass is 277 g/mol. The van der Waals surface area contributed by atoms with Gasteiger partial charge in [0.05, 0.1) is 18.8 Å². The molecule has 2 rings (SSSR count). The van der Waals surface area contributed by atoms with Crippen molar-refractivity contribution >= 4 is 5.91 Å². The normalized spacial score (nSPS) is 22.7. The van der Waals surface area contributed by atoms with Crippen molar-refractivity contribution in [3.63, 3.8) is 0 Å². The van der Waals surface area contributed by atoms with Crippen LogP contribution in [0.1, 0.15) is 25.0 Å². The lowest BCUT2D eigenvalue weighted by atomic mass is 10.1. The predicted molar refractivity (Wildman–Crippen MR) is 78.0 cm³/mol. The molecule has 1 heterocycles. The zero-order valence-corrected chi connectivity index (χ0v) is 12.7. The molecule has 2 unspecified atom stereocenters. The predicted octanol–water partition coefficient (Wildman–Crippen LogP) is 2.32. The first-order valence-electron chi connectivity index (χ1n) is 7.08. The lowest BCUT2D eigenvalue weighted by Gasteiger charge is -2.36. The van der Waals surface area contributed by atoms with E-state index in [1.807, 2.05) is 50.8 Å². The lowest BCUT2D eigenvalue weighted by Crippen LogP contribution is -2.51. The number of hydrogen-bond acceptors (Lipinski definition) is 3. The van der Waals surface area contributed by atoms with E-state index in [4.69, 9.17) is 9.47 Å². The number of hydrogen-bond donors (Lipinski definition) is 0. The van der Waals surface area contributed by atoms with E-state index in [9.17, 15) is 4.79 Å². The summed E-state index contributed by atoms with van der Waals surface area (Å²) in [6.07, 6.45) is 0.0934. The first-order chi connectivity index (χ1) is 9.47. The van der Waals surface area contributed by atoms with Crippen LogP contribution in [0.4, 0.5) is 0 Å².